The number of nitrogens with one attached hydrogen (secondary N) is 3. The Balaban J connectivity index is 1.42. The molecule has 1 heterocycles. The molecule has 30 heavy (non-hydrogen) atoms. The maximum absolute atomic E-state index is 12.3. The maximum atomic E-state index is 12.3. The van der Waals surface area contributed by atoms with Crippen LogP contribution in [-0.4, -0.2) is 51.1 Å². The van der Waals surface area contributed by atoms with Gasteiger partial charge in [0.15, 0.2) is 6.54 Å². The number of para-hydroxylation sites is 1. The normalized spacial score (nSPS) is 14.4. The van der Waals surface area contributed by atoms with Crippen molar-refractivity contribution in [2.75, 3.05) is 49.5 Å². The Morgan fingerprint density at radius 3 is 2.47 bits per heavy atom. The lowest BCUT2D eigenvalue weighted by Gasteiger charge is -2.34. The number of amides is 2. The van der Waals surface area contributed by atoms with Crippen LogP contribution in [0.15, 0.2) is 42.5 Å². The van der Waals surface area contributed by atoms with Crippen LogP contribution in [0, 0.1) is 13.8 Å². The largest absolute Gasteiger partial charge is 0.360 e. The summed E-state index contributed by atoms with van der Waals surface area (Å²) in [4.78, 5) is 28.2. The fraction of sp³-hybridized carbons (Fsp3) is 0.417. The van der Waals surface area contributed by atoms with Crippen molar-refractivity contribution in [2.24, 2.45) is 0 Å². The second-order valence-corrected chi connectivity index (χ2v) is 7.97. The number of aryl methyl sites for hydroxylation is 2. The van der Waals surface area contributed by atoms with Crippen molar-refractivity contribution in [3.8, 4) is 0 Å². The van der Waals surface area contributed by atoms with E-state index in [0.29, 0.717) is 6.54 Å². The van der Waals surface area contributed by atoms with Gasteiger partial charge >= 0.3 is 0 Å². The summed E-state index contributed by atoms with van der Waals surface area (Å²) in [6.45, 7) is 10.5. The number of hydrogen-bond acceptors (Lipinski definition) is 3. The molecular formula is C24H33N4O2+. The summed E-state index contributed by atoms with van der Waals surface area (Å²) in [5.74, 6) is -0.275. The summed E-state index contributed by atoms with van der Waals surface area (Å²) in [6, 6.07) is 14.2. The van der Waals surface area contributed by atoms with Crippen LogP contribution in [0.3, 0.4) is 0 Å². The lowest BCUT2D eigenvalue weighted by Crippen LogP contribution is -3.16. The van der Waals surface area contributed by atoms with Crippen LogP contribution in [-0.2, 0) is 16.0 Å². The van der Waals surface area contributed by atoms with Crippen LogP contribution in [0.2, 0.25) is 0 Å². The zero-order valence-electron chi connectivity index (χ0n) is 18.3. The lowest BCUT2D eigenvalue weighted by atomic mass is 10.1. The summed E-state index contributed by atoms with van der Waals surface area (Å²) in [5, 5.41) is 5.65. The monoisotopic (exact) mass is 409 g/mol. The van der Waals surface area contributed by atoms with Gasteiger partial charge in [-0.25, -0.2) is 0 Å². The molecule has 6 heteroatoms. The van der Waals surface area contributed by atoms with E-state index in [9.17, 15) is 9.59 Å². The Hall–Kier alpha value is -2.86. The summed E-state index contributed by atoms with van der Waals surface area (Å²) in [5.41, 5.74) is 5.83. The molecule has 0 aliphatic carbocycles. The van der Waals surface area contributed by atoms with Crippen LogP contribution >= 0.6 is 0 Å². The van der Waals surface area contributed by atoms with Crippen molar-refractivity contribution in [3.05, 3.63) is 59.2 Å². The highest BCUT2D eigenvalue weighted by Crippen LogP contribution is 2.22. The average Bonchev–Trinajstić information content (AvgIpc) is 2.75. The molecule has 0 aromatic heterocycles. The van der Waals surface area contributed by atoms with E-state index in [1.807, 2.05) is 24.3 Å². The molecule has 2 aromatic rings. The van der Waals surface area contributed by atoms with Crippen molar-refractivity contribution in [1.29, 1.82) is 0 Å². The van der Waals surface area contributed by atoms with E-state index in [-0.39, 0.29) is 18.4 Å². The highest BCUT2D eigenvalue weighted by Gasteiger charge is 2.23. The van der Waals surface area contributed by atoms with Crippen molar-refractivity contribution < 1.29 is 14.5 Å². The maximum Gasteiger partial charge on any atom is 0.275 e. The van der Waals surface area contributed by atoms with Gasteiger partial charge in [0.2, 0.25) is 5.91 Å². The quantitative estimate of drug-likeness (QED) is 0.646. The van der Waals surface area contributed by atoms with Gasteiger partial charge in [-0.3, -0.25) is 9.59 Å². The summed E-state index contributed by atoms with van der Waals surface area (Å²) in [7, 11) is 0. The van der Waals surface area contributed by atoms with Gasteiger partial charge < -0.3 is 20.4 Å². The first-order chi connectivity index (χ1) is 14.5. The number of nitrogens with zero attached hydrogens (tertiary/aromatic N) is 1. The number of anilines is 2. The number of quaternary nitrogens is 1. The number of carbonyl (C=O) groups excluding carboxylic acids is 2. The van der Waals surface area contributed by atoms with Gasteiger partial charge in [0.05, 0.1) is 32.7 Å². The van der Waals surface area contributed by atoms with E-state index in [0.717, 1.165) is 43.9 Å². The molecule has 0 unspecified atom stereocenters. The number of piperazine rings is 1. The average molecular weight is 410 g/mol. The Kier molecular flexibility index (Phi) is 7.46. The SMILES string of the molecule is CCc1ccccc1NC(=O)CNC(=O)C[NH+]1CCN(c2cccc(C)c2C)CC1. The van der Waals surface area contributed by atoms with Crippen LogP contribution in [0.4, 0.5) is 11.4 Å². The number of benzene rings is 2. The minimum atomic E-state index is -0.195. The molecule has 0 atom stereocenters. The second-order valence-electron chi connectivity index (χ2n) is 7.97. The van der Waals surface area contributed by atoms with E-state index < -0.39 is 0 Å². The Labute approximate surface area is 179 Å². The Morgan fingerprint density at radius 2 is 1.73 bits per heavy atom. The first-order valence-corrected chi connectivity index (χ1v) is 10.8. The molecule has 1 aliphatic rings. The fourth-order valence-corrected chi connectivity index (χ4v) is 3.93. The topological polar surface area (TPSA) is 65.9 Å². The highest BCUT2D eigenvalue weighted by atomic mass is 16.2. The molecule has 1 fully saturated rings. The third kappa shape index (κ3) is 5.60. The van der Waals surface area contributed by atoms with E-state index in [2.05, 4.69) is 54.5 Å². The molecule has 160 valence electrons. The van der Waals surface area contributed by atoms with Crippen LogP contribution in [0.25, 0.3) is 0 Å². The van der Waals surface area contributed by atoms with Crippen LogP contribution in [0.1, 0.15) is 23.6 Å². The minimum Gasteiger partial charge on any atom is -0.360 e. The van der Waals surface area contributed by atoms with Gasteiger partial charge in [0.25, 0.3) is 5.91 Å². The van der Waals surface area contributed by atoms with Crippen molar-refractivity contribution in [1.82, 2.24) is 5.32 Å². The molecule has 0 saturated carbocycles. The number of hydrogen-bond donors (Lipinski definition) is 3. The van der Waals surface area contributed by atoms with Crippen molar-refractivity contribution >= 4 is 23.2 Å². The lowest BCUT2D eigenvalue weighted by molar-refractivity contribution is -0.892. The van der Waals surface area contributed by atoms with Gasteiger partial charge in [-0.1, -0.05) is 37.3 Å². The smallest absolute Gasteiger partial charge is 0.275 e. The summed E-state index contributed by atoms with van der Waals surface area (Å²) >= 11 is 0. The number of carbonyl (C=O) groups is 2. The third-order valence-corrected chi connectivity index (χ3v) is 5.92. The first kappa shape index (κ1) is 21.8. The van der Waals surface area contributed by atoms with Crippen LogP contribution in [0.5, 0.6) is 0 Å². The third-order valence-electron chi connectivity index (χ3n) is 5.92. The van der Waals surface area contributed by atoms with Gasteiger partial charge in [-0.15, -0.1) is 0 Å². The molecule has 0 spiro atoms. The van der Waals surface area contributed by atoms with E-state index in [1.165, 1.54) is 21.7 Å². The Bertz CT molecular complexity index is 889. The van der Waals surface area contributed by atoms with E-state index in [1.54, 1.807) is 0 Å². The molecule has 1 aliphatic heterocycles. The van der Waals surface area contributed by atoms with E-state index >= 15 is 0 Å². The summed E-state index contributed by atoms with van der Waals surface area (Å²) in [6.07, 6.45) is 0.847. The molecule has 6 nitrogen and oxygen atoms in total. The molecule has 0 bridgehead atoms. The molecular weight excluding hydrogens is 376 g/mol. The van der Waals surface area contributed by atoms with Gasteiger partial charge in [0.1, 0.15) is 0 Å². The highest BCUT2D eigenvalue weighted by molar-refractivity contribution is 5.95. The summed E-state index contributed by atoms with van der Waals surface area (Å²) < 4.78 is 0. The van der Waals surface area contributed by atoms with Crippen molar-refractivity contribution in [2.45, 2.75) is 27.2 Å². The zero-order chi connectivity index (χ0) is 21.5. The molecule has 3 rings (SSSR count). The van der Waals surface area contributed by atoms with Gasteiger partial charge in [-0.2, -0.15) is 0 Å². The molecule has 2 amide bonds. The van der Waals surface area contributed by atoms with Crippen molar-refractivity contribution in [3.63, 3.8) is 0 Å². The van der Waals surface area contributed by atoms with Gasteiger partial charge in [0, 0.05) is 11.4 Å². The Morgan fingerprint density at radius 1 is 1.00 bits per heavy atom. The molecule has 0 radical (unpaired) electrons. The molecule has 3 N–H and O–H groups in total. The predicted molar refractivity (Wildman–Crippen MR) is 121 cm³/mol. The standard InChI is InChI=1S/C24H32N4O2/c1-4-20-9-5-6-10-21(20)26-23(29)16-25-24(30)17-27-12-14-28(15-13-27)22-11-7-8-18(2)19(22)3/h5-11H,4,12-17H2,1-3H3,(H,25,30)(H,26,29)/p+1. The fourth-order valence-electron chi connectivity index (χ4n) is 3.93. The predicted octanol–water partition coefficient (Wildman–Crippen LogP) is 1.33. The first-order valence-electron chi connectivity index (χ1n) is 10.8. The second kappa shape index (κ2) is 10.3. The zero-order valence-corrected chi connectivity index (χ0v) is 18.3. The number of rotatable bonds is 7. The van der Waals surface area contributed by atoms with Crippen LogP contribution < -0.4 is 20.4 Å². The molecule has 1 saturated heterocycles. The van der Waals surface area contributed by atoms with E-state index in [4.69, 9.17) is 0 Å². The van der Waals surface area contributed by atoms with Gasteiger partial charge in [-0.05, 0) is 49.1 Å². The minimum absolute atomic E-state index is 0.00122. The molecule has 2 aromatic carbocycles.